The zero-order valence-electron chi connectivity index (χ0n) is 10.7. The quantitative estimate of drug-likeness (QED) is 0.843. The predicted molar refractivity (Wildman–Crippen MR) is 74.7 cm³/mol. The van der Waals surface area contributed by atoms with E-state index in [2.05, 4.69) is 0 Å². The molecule has 18 heavy (non-hydrogen) atoms. The Morgan fingerprint density at radius 3 is 2.61 bits per heavy atom. The fourth-order valence-electron chi connectivity index (χ4n) is 1.93. The van der Waals surface area contributed by atoms with E-state index in [0.29, 0.717) is 11.3 Å². The number of hydrogen-bond acceptors (Lipinski definition) is 3. The first-order chi connectivity index (χ1) is 8.50. The van der Waals surface area contributed by atoms with Crippen LogP contribution in [0.5, 0.6) is 5.75 Å². The van der Waals surface area contributed by atoms with Crippen molar-refractivity contribution in [3.05, 3.63) is 51.2 Å². The Balaban J connectivity index is 2.50. The first-order valence-corrected chi connectivity index (χ1v) is 6.80. The Labute approximate surface area is 111 Å². The highest BCUT2D eigenvalue weighted by Crippen LogP contribution is 2.31. The van der Waals surface area contributed by atoms with Crippen molar-refractivity contribution in [1.29, 1.82) is 0 Å². The largest absolute Gasteiger partial charge is 0.507 e. The van der Waals surface area contributed by atoms with Gasteiger partial charge in [0.15, 0.2) is 0 Å². The van der Waals surface area contributed by atoms with Crippen molar-refractivity contribution in [3.8, 4) is 5.75 Å². The molecule has 2 nitrogen and oxygen atoms in total. The van der Waals surface area contributed by atoms with E-state index in [9.17, 15) is 9.90 Å². The lowest BCUT2D eigenvalue weighted by atomic mass is 9.95. The second kappa shape index (κ2) is 4.94. The molecule has 0 fully saturated rings. The zero-order chi connectivity index (χ0) is 13.3. The molecule has 1 heterocycles. The van der Waals surface area contributed by atoms with Gasteiger partial charge in [0.2, 0.25) is 5.78 Å². The van der Waals surface area contributed by atoms with Crippen molar-refractivity contribution >= 4 is 17.1 Å². The predicted octanol–water partition coefficient (Wildman–Crippen LogP) is 4.12. The molecule has 1 aromatic carbocycles. The first kappa shape index (κ1) is 12.8. The maximum atomic E-state index is 12.3. The number of hydrogen-bond donors (Lipinski definition) is 1. The fraction of sp³-hybridized carbons (Fsp3) is 0.267. The highest BCUT2D eigenvalue weighted by atomic mass is 32.1. The van der Waals surface area contributed by atoms with E-state index in [0.717, 1.165) is 16.0 Å². The second-order valence-corrected chi connectivity index (χ2v) is 5.64. The molecule has 0 unspecified atom stereocenters. The Morgan fingerprint density at radius 2 is 2.06 bits per heavy atom. The van der Waals surface area contributed by atoms with Gasteiger partial charge >= 0.3 is 0 Å². The topological polar surface area (TPSA) is 37.3 Å². The van der Waals surface area contributed by atoms with Crippen LogP contribution in [0.25, 0.3) is 0 Å². The van der Waals surface area contributed by atoms with Gasteiger partial charge in [-0.3, -0.25) is 4.79 Å². The number of benzene rings is 1. The molecule has 2 aromatic rings. The molecular formula is C15H16O2S. The minimum atomic E-state index is 0.0231. The van der Waals surface area contributed by atoms with Gasteiger partial charge in [-0.15, -0.1) is 11.3 Å². The third-order valence-electron chi connectivity index (χ3n) is 2.96. The minimum absolute atomic E-state index is 0.0231. The van der Waals surface area contributed by atoms with E-state index in [1.165, 1.54) is 11.3 Å². The summed E-state index contributed by atoms with van der Waals surface area (Å²) in [6.07, 6.45) is 0. The average molecular weight is 260 g/mol. The number of rotatable bonds is 3. The third kappa shape index (κ3) is 2.31. The van der Waals surface area contributed by atoms with Gasteiger partial charge in [0.05, 0.1) is 4.88 Å². The molecule has 0 bridgehead atoms. The molecule has 0 spiro atoms. The summed E-state index contributed by atoms with van der Waals surface area (Å²) in [7, 11) is 0. The molecule has 0 aliphatic carbocycles. The fourth-order valence-corrected chi connectivity index (χ4v) is 2.61. The summed E-state index contributed by atoms with van der Waals surface area (Å²) in [4.78, 5) is 13.0. The summed E-state index contributed by atoms with van der Waals surface area (Å²) in [5.74, 6) is 0.516. The Kier molecular flexibility index (Phi) is 3.53. The summed E-state index contributed by atoms with van der Waals surface area (Å²) in [6.45, 7) is 5.84. The van der Waals surface area contributed by atoms with Gasteiger partial charge in [-0.25, -0.2) is 0 Å². The van der Waals surface area contributed by atoms with Crippen molar-refractivity contribution in [1.82, 2.24) is 0 Å². The second-order valence-electron chi connectivity index (χ2n) is 4.69. The molecule has 0 atom stereocenters. The highest BCUT2D eigenvalue weighted by Gasteiger charge is 2.16. The molecule has 0 saturated heterocycles. The lowest BCUT2D eigenvalue weighted by Gasteiger charge is -2.12. The number of phenolic OH excluding ortho intramolecular Hbond substituents is 1. The lowest BCUT2D eigenvalue weighted by molar-refractivity contribution is 0.104. The standard InChI is InChI=1S/C15H16O2S/c1-9(2)12-8-11(7-10(3)14(12)16)15(17)13-5-4-6-18-13/h4-9,16H,1-3H3. The summed E-state index contributed by atoms with van der Waals surface area (Å²) >= 11 is 1.44. The first-order valence-electron chi connectivity index (χ1n) is 5.92. The van der Waals surface area contributed by atoms with Gasteiger partial charge in [-0.05, 0) is 47.5 Å². The molecule has 0 aliphatic heterocycles. The summed E-state index contributed by atoms with van der Waals surface area (Å²) in [5, 5.41) is 11.9. The van der Waals surface area contributed by atoms with Gasteiger partial charge in [0, 0.05) is 5.56 Å². The summed E-state index contributed by atoms with van der Waals surface area (Å²) in [5.41, 5.74) is 2.23. The van der Waals surface area contributed by atoms with Crippen molar-refractivity contribution in [3.63, 3.8) is 0 Å². The lowest BCUT2D eigenvalue weighted by Crippen LogP contribution is -2.02. The minimum Gasteiger partial charge on any atom is -0.507 e. The molecule has 2 rings (SSSR count). The van der Waals surface area contributed by atoms with E-state index in [-0.39, 0.29) is 11.7 Å². The van der Waals surface area contributed by atoms with Crippen molar-refractivity contribution < 1.29 is 9.90 Å². The van der Waals surface area contributed by atoms with E-state index >= 15 is 0 Å². The molecule has 1 N–H and O–H groups in total. The number of carbonyl (C=O) groups is 1. The van der Waals surface area contributed by atoms with Gasteiger partial charge in [0.1, 0.15) is 5.75 Å². The third-order valence-corrected chi connectivity index (χ3v) is 3.83. The molecular weight excluding hydrogens is 244 g/mol. The monoisotopic (exact) mass is 260 g/mol. The van der Waals surface area contributed by atoms with E-state index in [1.54, 1.807) is 12.1 Å². The normalized spacial score (nSPS) is 10.9. The Morgan fingerprint density at radius 1 is 1.33 bits per heavy atom. The van der Waals surface area contributed by atoms with Crippen LogP contribution in [-0.2, 0) is 0 Å². The summed E-state index contributed by atoms with van der Waals surface area (Å²) < 4.78 is 0. The van der Waals surface area contributed by atoms with Crippen molar-refractivity contribution in [2.24, 2.45) is 0 Å². The summed E-state index contributed by atoms with van der Waals surface area (Å²) in [6, 6.07) is 7.25. The van der Waals surface area contributed by atoms with Crippen LogP contribution in [0.4, 0.5) is 0 Å². The smallest absolute Gasteiger partial charge is 0.202 e. The van der Waals surface area contributed by atoms with Crippen LogP contribution < -0.4 is 0 Å². The van der Waals surface area contributed by atoms with Crippen LogP contribution >= 0.6 is 11.3 Å². The SMILES string of the molecule is Cc1cc(C(=O)c2cccs2)cc(C(C)C)c1O. The van der Waals surface area contributed by atoms with Crippen LogP contribution in [0.15, 0.2) is 29.6 Å². The number of thiophene rings is 1. The van der Waals surface area contributed by atoms with Crippen LogP contribution in [0, 0.1) is 6.92 Å². The molecule has 3 heteroatoms. The number of aryl methyl sites for hydroxylation is 1. The van der Waals surface area contributed by atoms with Crippen molar-refractivity contribution in [2.45, 2.75) is 26.7 Å². The van der Waals surface area contributed by atoms with E-state index in [4.69, 9.17) is 0 Å². The molecule has 1 aromatic heterocycles. The molecule has 0 aliphatic rings. The van der Waals surface area contributed by atoms with Crippen LogP contribution in [-0.4, -0.2) is 10.9 Å². The van der Waals surface area contributed by atoms with Crippen molar-refractivity contribution in [2.75, 3.05) is 0 Å². The Hall–Kier alpha value is -1.61. The van der Waals surface area contributed by atoms with E-state index < -0.39 is 0 Å². The maximum Gasteiger partial charge on any atom is 0.202 e. The van der Waals surface area contributed by atoms with Gasteiger partial charge in [-0.2, -0.15) is 0 Å². The van der Waals surface area contributed by atoms with Crippen LogP contribution in [0.1, 0.15) is 46.1 Å². The van der Waals surface area contributed by atoms with Gasteiger partial charge in [-0.1, -0.05) is 19.9 Å². The Bertz CT molecular complexity index is 568. The van der Waals surface area contributed by atoms with Gasteiger partial charge < -0.3 is 5.11 Å². The molecule has 94 valence electrons. The average Bonchev–Trinajstić information content (AvgIpc) is 2.84. The number of ketones is 1. The van der Waals surface area contributed by atoms with Crippen LogP contribution in [0.2, 0.25) is 0 Å². The molecule has 0 saturated carbocycles. The molecule has 0 amide bonds. The highest BCUT2D eigenvalue weighted by molar-refractivity contribution is 7.12. The number of carbonyl (C=O) groups excluding carboxylic acids is 1. The van der Waals surface area contributed by atoms with Gasteiger partial charge in [0.25, 0.3) is 0 Å². The number of phenols is 1. The van der Waals surface area contributed by atoms with E-state index in [1.807, 2.05) is 38.3 Å². The maximum absolute atomic E-state index is 12.3. The zero-order valence-corrected chi connectivity index (χ0v) is 11.5. The number of aromatic hydroxyl groups is 1. The van der Waals surface area contributed by atoms with Crippen LogP contribution in [0.3, 0.4) is 0 Å². The molecule has 0 radical (unpaired) electrons.